The van der Waals surface area contributed by atoms with Crippen molar-refractivity contribution in [1.29, 1.82) is 0 Å². The Morgan fingerprint density at radius 3 is 3.17 bits per heavy atom. The molecule has 0 aromatic rings. The van der Waals surface area contributed by atoms with Crippen molar-refractivity contribution in [1.82, 2.24) is 0 Å². The van der Waals surface area contributed by atoms with Crippen LogP contribution in [0.2, 0.25) is 0 Å². The minimum atomic E-state index is -0.156. The molecule has 0 radical (unpaired) electrons. The van der Waals surface area contributed by atoms with Crippen LogP contribution in [0, 0.1) is 0 Å². The number of rotatable bonds is 3. The van der Waals surface area contributed by atoms with Crippen molar-refractivity contribution >= 4 is 23.9 Å². The number of carbonyl (C=O) groups is 1. The first-order chi connectivity index (χ1) is 5.83. The zero-order valence-electron chi connectivity index (χ0n) is 6.90. The van der Waals surface area contributed by atoms with Gasteiger partial charge in [-0.15, -0.1) is 11.8 Å². The average molecular weight is 185 g/mol. The molecule has 1 atom stereocenters. The fourth-order valence-corrected chi connectivity index (χ4v) is 1.55. The Morgan fingerprint density at radius 2 is 2.58 bits per heavy atom. The van der Waals surface area contributed by atoms with E-state index in [1.165, 1.54) is 0 Å². The molecule has 0 saturated carbocycles. The molecule has 3 nitrogen and oxygen atoms in total. The second kappa shape index (κ2) is 4.98. The van der Waals surface area contributed by atoms with Crippen LogP contribution in [0.4, 0.5) is 0 Å². The number of hydrogen-bond donors (Lipinski definition) is 0. The Kier molecular flexibility index (Phi) is 3.87. The van der Waals surface area contributed by atoms with Gasteiger partial charge in [-0.25, -0.2) is 0 Å². The van der Waals surface area contributed by atoms with E-state index >= 15 is 0 Å². The van der Waals surface area contributed by atoms with E-state index in [1.807, 2.05) is 5.41 Å². The number of carbonyl (C=O) groups excluding carboxylic acids is 1. The molecule has 12 heavy (non-hydrogen) atoms. The minimum absolute atomic E-state index is 0.147. The van der Waals surface area contributed by atoms with Gasteiger partial charge in [-0.1, -0.05) is 0 Å². The maximum atomic E-state index is 11.0. The van der Waals surface area contributed by atoms with E-state index in [0.717, 1.165) is 0 Å². The predicted octanol–water partition coefficient (Wildman–Crippen LogP) is 1.60. The summed E-state index contributed by atoms with van der Waals surface area (Å²) in [6.07, 6.45) is 3.89. The second-order valence-corrected chi connectivity index (χ2v) is 3.42. The Morgan fingerprint density at radius 1 is 1.75 bits per heavy atom. The summed E-state index contributed by atoms with van der Waals surface area (Å²) in [5.74, 6) is -0.156. The van der Waals surface area contributed by atoms with Crippen LogP contribution in [0.1, 0.15) is 13.3 Å². The van der Waals surface area contributed by atoms with Gasteiger partial charge in [-0.3, -0.25) is 9.79 Å². The molecule has 0 saturated heterocycles. The van der Waals surface area contributed by atoms with Gasteiger partial charge < -0.3 is 4.74 Å². The zero-order chi connectivity index (χ0) is 8.81. The first kappa shape index (κ1) is 9.32. The molecule has 1 aliphatic rings. The number of hydrogen-bond acceptors (Lipinski definition) is 4. The number of esters is 1. The summed E-state index contributed by atoms with van der Waals surface area (Å²) in [5, 5.41) is 2.03. The molecular weight excluding hydrogens is 174 g/mol. The molecule has 1 heterocycles. The Hall–Kier alpha value is -0.770. The highest BCUT2D eigenvalue weighted by atomic mass is 32.2. The van der Waals surface area contributed by atoms with Gasteiger partial charge in [-0.05, 0) is 12.3 Å². The van der Waals surface area contributed by atoms with E-state index in [-0.39, 0.29) is 11.2 Å². The number of ether oxygens (including phenoxy) is 1. The lowest BCUT2D eigenvalue weighted by Crippen LogP contribution is -2.14. The SMILES string of the molecule is CCOC(=O)CC1C=NC=CS1. The van der Waals surface area contributed by atoms with E-state index in [2.05, 4.69) is 4.99 Å². The van der Waals surface area contributed by atoms with E-state index in [4.69, 9.17) is 4.74 Å². The molecule has 0 aromatic carbocycles. The van der Waals surface area contributed by atoms with Gasteiger partial charge in [0.1, 0.15) is 0 Å². The summed E-state index contributed by atoms with van der Waals surface area (Å²) in [6.45, 7) is 2.25. The largest absolute Gasteiger partial charge is 0.466 e. The van der Waals surface area contributed by atoms with Crippen LogP contribution < -0.4 is 0 Å². The number of thioether (sulfide) groups is 1. The molecule has 66 valence electrons. The van der Waals surface area contributed by atoms with E-state index in [9.17, 15) is 4.79 Å². The van der Waals surface area contributed by atoms with Crippen molar-refractivity contribution in [2.24, 2.45) is 4.99 Å². The predicted molar refractivity (Wildman–Crippen MR) is 50.3 cm³/mol. The lowest BCUT2D eigenvalue weighted by atomic mass is 10.3. The molecular formula is C8H11NO2S. The van der Waals surface area contributed by atoms with Gasteiger partial charge in [0.15, 0.2) is 0 Å². The van der Waals surface area contributed by atoms with Crippen molar-refractivity contribution in [2.75, 3.05) is 6.61 Å². The number of nitrogens with zero attached hydrogens (tertiary/aromatic N) is 1. The summed E-state index contributed by atoms with van der Waals surface area (Å²) in [7, 11) is 0. The Labute approximate surface area is 75.9 Å². The molecule has 0 amide bonds. The summed E-state index contributed by atoms with van der Waals surface area (Å²) < 4.78 is 4.81. The molecule has 1 aliphatic heterocycles. The van der Waals surface area contributed by atoms with Crippen LogP contribution in [-0.4, -0.2) is 24.0 Å². The lowest BCUT2D eigenvalue weighted by Gasteiger charge is -2.09. The van der Waals surface area contributed by atoms with E-state index < -0.39 is 0 Å². The third-order valence-electron chi connectivity index (χ3n) is 1.33. The molecule has 4 heteroatoms. The Balaban J connectivity index is 2.27. The summed E-state index contributed by atoms with van der Waals surface area (Å²) >= 11 is 1.59. The second-order valence-electron chi connectivity index (χ2n) is 2.27. The highest BCUT2D eigenvalue weighted by Gasteiger charge is 2.12. The van der Waals surface area contributed by atoms with E-state index in [0.29, 0.717) is 13.0 Å². The van der Waals surface area contributed by atoms with E-state index in [1.54, 1.807) is 31.1 Å². The normalized spacial score (nSPS) is 20.9. The standard InChI is InChI=1S/C8H11NO2S/c1-2-11-8(10)5-7-6-9-3-4-12-7/h3-4,6-7H,2,5H2,1H3. The minimum Gasteiger partial charge on any atom is -0.466 e. The molecule has 0 aromatic heterocycles. The van der Waals surface area contributed by atoms with Gasteiger partial charge in [0, 0.05) is 12.4 Å². The molecule has 0 bridgehead atoms. The highest BCUT2D eigenvalue weighted by Crippen LogP contribution is 2.17. The van der Waals surface area contributed by atoms with Gasteiger partial charge in [0.2, 0.25) is 0 Å². The average Bonchev–Trinajstić information content (AvgIpc) is 2.06. The van der Waals surface area contributed by atoms with Crippen molar-refractivity contribution < 1.29 is 9.53 Å². The van der Waals surface area contributed by atoms with Gasteiger partial charge in [-0.2, -0.15) is 0 Å². The molecule has 1 rings (SSSR count). The zero-order valence-corrected chi connectivity index (χ0v) is 7.71. The van der Waals surface area contributed by atoms with Crippen LogP contribution >= 0.6 is 11.8 Å². The fourth-order valence-electron chi connectivity index (χ4n) is 0.837. The van der Waals surface area contributed by atoms with Crippen molar-refractivity contribution in [2.45, 2.75) is 18.6 Å². The molecule has 0 fully saturated rings. The van der Waals surface area contributed by atoms with Crippen LogP contribution in [-0.2, 0) is 9.53 Å². The van der Waals surface area contributed by atoms with Crippen LogP contribution in [0.5, 0.6) is 0 Å². The summed E-state index contributed by atoms with van der Waals surface area (Å²) in [6, 6.07) is 0. The summed E-state index contributed by atoms with van der Waals surface area (Å²) in [4.78, 5) is 14.9. The monoisotopic (exact) mass is 185 g/mol. The van der Waals surface area contributed by atoms with Crippen LogP contribution in [0.25, 0.3) is 0 Å². The third-order valence-corrected chi connectivity index (χ3v) is 2.24. The van der Waals surface area contributed by atoms with Gasteiger partial charge in [0.25, 0.3) is 0 Å². The van der Waals surface area contributed by atoms with Crippen LogP contribution in [0.15, 0.2) is 16.6 Å². The quantitative estimate of drug-likeness (QED) is 0.627. The fraction of sp³-hybridized carbons (Fsp3) is 0.500. The topological polar surface area (TPSA) is 38.7 Å². The van der Waals surface area contributed by atoms with Crippen molar-refractivity contribution in [3.63, 3.8) is 0 Å². The smallest absolute Gasteiger partial charge is 0.307 e. The Bertz CT molecular complexity index is 213. The van der Waals surface area contributed by atoms with Crippen molar-refractivity contribution in [3.05, 3.63) is 11.6 Å². The highest BCUT2D eigenvalue weighted by molar-refractivity contribution is 8.03. The first-order valence-corrected chi connectivity index (χ1v) is 4.76. The maximum Gasteiger partial charge on any atom is 0.307 e. The molecule has 0 spiro atoms. The van der Waals surface area contributed by atoms with Crippen LogP contribution in [0.3, 0.4) is 0 Å². The first-order valence-electron chi connectivity index (χ1n) is 3.82. The third kappa shape index (κ3) is 3.09. The molecule has 0 N–H and O–H groups in total. The van der Waals surface area contributed by atoms with Gasteiger partial charge >= 0.3 is 5.97 Å². The maximum absolute atomic E-state index is 11.0. The van der Waals surface area contributed by atoms with Gasteiger partial charge in [0.05, 0.1) is 18.3 Å². The molecule has 1 unspecified atom stereocenters. The number of aliphatic imine (C=N–C) groups is 1. The lowest BCUT2D eigenvalue weighted by molar-refractivity contribution is -0.142. The molecule has 0 aliphatic carbocycles. The summed E-state index contributed by atoms with van der Waals surface area (Å²) in [5.41, 5.74) is 0. The van der Waals surface area contributed by atoms with Crippen molar-refractivity contribution in [3.8, 4) is 0 Å².